The molecule has 1 aliphatic heterocycles. The van der Waals surface area contributed by atoms with Gasteiger partial charge in [-0.3, -0.25) is 5.43 Å². The fourth-order valence-corrected chi connectivity index (χ4v) is 2.32. The lowest BCUT2D eigenvalue weighted by Crippen LogP contribution is -2.37. The van der Waals surface area contributed by atoms with Crippen molar-refractivity contribution in [2.45, 2.75) is 25.9 Å². The van der Waals surface area contributed by atoms with Gasteiger partial charge in [-0.1, -0.05) is 0 Å². The topological polar surface area (TPSA) is 92.2 Å². The average Bonchev–Trinajstić information content (AvgIpc) is 3.10. The third-order valence-corrected chi connectivity index (χ3v) is 3.71. The van der Waals surface area contributed by atoms with Crippen molar-refractivity contribution >= 4 is 29.0 Å². The van der Waals surface area contributed by atoms with Crippen LogP contribution in [0.1, 0.15) is 25.3 Å². The van der Waals surface area contributed by atoms with Gasteiger partial charge in [0, 0.05) is 13.2 Å². The van der Waals surface area contributed by atoms with E-state index >= 15 is 0 Å². The summed E-state index contributed by atoms with van der Waals surface area (Å²) in [6, 6.07) is 7.01. The summed E-state index contributed by atoms with van der Waals surface area (Å²) in [5.41, 5.74) is 4.44. The Labute approximate surface area is 146 Å². The molecule has 0 aromatic heterocycles. The van der Waals surface area contributed by atoms with Crippen LogP contribution in [-0.2, 0) is 9.53 Å². The molecule has 3 N–H and O–H groups in total. The van der Waals surface area contributed by atoms with Gasteiger partial charge in [0.15, 0.2) is 11.7 Å². The number of carboxylic acid groups (broad SMARTS) is 1. The monoisotopic (exact) mass is 351 g/mol. The summed E-state index contributed by atoms with van der Waals surface area (Å²) >= 11 is 5.18. The van der Waals surface area contributed by atoms with Gasteiger partial charge in [-0.25, -0.2) is 4.79 Å². The van der Waals surface area contributed by atoms with E-state index in [1.165, 1.54) is 0 Å². The summed E-state index contributed by atoms with van der Waals surface area (Å²) in [6.45, 7) is 2.98. The number of ether oxygens (including phenoxy) is 2. The Hall–Kier alpha value is -2.19. The fourth-order valence-electron chi connectivity index (χ4n) is 2.19. The molecule has 2 rings (SSSR count). The molecule has 0 spiro atoms. The molecule has 24 heavy (non-hydrogen) atoms. The van der Waals surface area contributed by atoms with E-state index < -0.39 is 5.97 Å². The van der Waals surface area contributed by atoms with Crippen LogP contribution in [0.4, 0.5) is 0 Å². The Bertz CT molecular complexity index is 598. The van der Waals surface area contributed by atoms with Gasteiger partial charge in [0.25, 0.3) is 0 Å². The summed E-state index contributed by atoms with van der Waals surface area (Å²) in [6.07, 6.45) is 2.36. The third-order valence-electron chi connectivity index (χ3n) is 3.47. The molecule has 1 atom stereocenters. The van der Waals surface area contributed by atoms with Crippen LogP contribution in [0, 0.1) is 0 Å². The molecule has 7 nitrogen and oxygen atoms in total. The van der Waals surface area contributed by atoms with E-state index in [0.29, 0.717) is 17.4 Å². The summed E-state index contributed by atoms with van der Waals surface area (Å²) in [5, 5.41) is 16.3. The van der Waals surface area contributed by atoms with E-state index in [2.05, 4.69) is 15.8 Å². The standard InChI is InChI=1S/C16H21N3O4S/c1-11(12-4-6-13(7-5-12)23-10-15(20)21)18-19-16(24)17-9-14-3-2-8-22-14/h4-7,14H,2-3,8-10H2,1H3,(H,20,21)(H2,17,19,24)/b18-11-/t14-/m0/s1. The number of rotatable bonds is 7. The van der Waals surface area contributed by atoms with Crippen LogP contribution in [0.2, 0.25) is 0 Å². The molecular formula is C16H21N3O4S. The van der Waals surface area contributed by atoms with Gasteiger partial charge in [0.1, 0.15) is 5.75 Å². The summed E-state index contributed by atoms with van der Waals surface area (Å²) in [4.78, 5) is 10.5. The van der Waals surface area contributed by atoms with Crippen molar-refractivity contribution in [3.63, 3.8) is 0 Å². The fraction of sp³-hybridized carbons (Fsp3) is 0.438. The van der Waals surface area contributed by atoms with Crippen LogP contribution in [0.15, 0.2) is 29.4 Å². The lowest BCUT2D eigenvalue weighted by atomic mass is 10.1. The van der Waals surface area contributed by atoms with Crippen LogP contribution in [0.3, 0.4) is 0 Å². The molecule has 8 heteroatoms. The first-order valence-electron chi connectivity index (χ1n) is 7.69. The highest BCUT2D eigenvalue weighted by molar-refractivity contribution is 7.80. The first kappa shape index (κ1) is 18.2. The van der Waals surface area contributed by atoms with Crippen LogP contribution in [0.25, 0.3) is 0 Å². The highest BCUT2D eigenvalue weighted by Gasteiger charge is 2.15. The number of hydrazone groups is 1. The molecule has 1 heterocycles. The van der Waals surface area contributed by atoms with Gasteiger partial charge in [-0.15, -0.1) is 0 Å². The number of hydrogen-bond acceptors (Lipinski definition) is 5. The average molecular weight is 351 g/mol. The highest BCUT2D eigenvalue weighted by atomic mass is 32.1. The van der Waals surface area contributed by atoms with E-state index in [0.717, 1.165) is 30.7 Å². The minimum atomic E-state index is -1.01. The predicted octanol–water partition coefficient (Wildman–Crippen LogP) is 1.52. The number of nitrogens with one attached hydrogen (secondary N) is 2. The third kappa shape index (κ3) is 6.13. The number of carbonyl (C=O) groups is 1. The Morgan fingerprint density at radius 1 is 1.46 bits per heavy atom. The van der Waals surface area contributed by atoms with Crippen molar-refractivity contribution < 1.29 is 19.4 Å². The van der Waals surface area contributed by atoms with Crippen LogP contribution >= 0.6 is 12.2 Å². The first-order chi connectivity index (χ1) is 11.5. The number of nitrogens with zero attached hydrogens (tertiary/aromatic N) is 1. The number of thiocarbonyl (C=S) groups is 1. The summed E-state index contributed by atoms with van der Waals surface area (Å²) < 4.78 is 10.6. The maximum atomic E-state index is 10.5. The largest absolute Gasteiger partial charge is 0.482 e. The Morgan fingerprint density at radius 2 is 2.21 bits per heavy atom. The van der Waals surface area contributed by atoms with E-state index in [1.807, 2.05) is 6.92 Å². The Kier molecular flexibility index (Phi) is 6.95. The van der Waals surface area contributed by atoms with Crippen molar-refractivity contribution in [1.29, 1.82) is 0 Å². The molecule has 0 unspecified atom stereocenters. The Morgan fingerprint density at radius 3 is 2.83 bits per heavy atom. The van der Waals surface area contributed by atoms with Gasteiger partial charge in [0.2, 0.25) is 0 Å². The molecule has 130 valence electrons. The van der Waals surface area contributed by atoms with E-state index in [-0.39, 0.29) is 12.7 Å². The van der Waals surface area contributed by atoms with E-state index in [1.54, 1.807) is 24.3 Å². The molecule has 1 saturated heterocycles. The van der Waals surface area contributed by atoms with Gasteiger partial charge >= 0.3 is 5.97 Å². The normalized spacial score (nSPS) is 17.4. The zero-order chi connectivity index (χ0) is 17.4. The maximum absolute atomic E-state index is 10.5. The molecule has 0 aliphatic carbocycles. The predicted molar refractivity (Wildman–Crippen MR) is 94.5 cm³/mol. The lowest BCUT2D eigenvalue weighted by Gasteiger charge is -2.12. The molecular weight excluding hydrogens is 330 g/mol. The molecule has 0 bridgehead atoms. The van der Waals surface area contributed by atoms with Crippen molar-refractivity contribution in [3.8, 4) is 5.75 Å². The Balaban J connectivity index is 1.78. The van der Waals surface area contributed by atoms with Crippen molar-refractivity contribution in [3.05, 3.63) is 29.8 Å². The molecule has 1 fully saturated rings. The number of carboxylic acids is 1. The molecule has 0 saturated carbocycles. The van der Waals surface area contributed by atoms with E-state index in [9.17, 15) is 4.79 Å². The maximum Gasteiger partial charge on any atom is 0.341 e. The molecule has 0 amide bonds. The zero-order valence-corrected chi connectivity index (χ0v) is 14.3. The summed E-state index contributed by atoms with van der Waals surface area (Å²) in [7, 11) is 0. The SMILES string of the molecule is C/C(=N/NC(=S)NC[C@@H]1CCCO1)c1ccc(OCC(=O)O)cc1. The second-order valence-corrected chi connectivity index (χ2v) is 5.77. The number of aliphatic carboxylic acids is 1. The first-order valence-corrected chi connectivity index (χ1v) is 8.10. The molecule has 0 radical (unpaired) electrons. The summed E-state index contributed by atoms with van der Waals surface area (Å²) in [5.74, 6) is -0.513. The van der Waals surface area contributed by atoms with Gasteiger partial charge in [-0.05, 0) is 61.8 Å². The van der Waals surface area contributed by atoms with Crippen molar-refractivity contribution in [2.75, 3.05) is 19.8 Å². The van der Waals surface area contributed by atoms with E-state index in [4.69, 9.17) is 26.8 Å². The van der Waals surface area contributed by atoms with Gasteiger partial charge in [0.05, 0.1) is 11.8 Å². The molecule has 1 aromatic rings. The molecule has 1 aromatic carbocycles. The lowest BCUT2D eigenvalue weighted by molar-refractivity contribution is -0.139. The van der Waals surface area contributed by atoms with Crippen molar-refractivity contribution in [2.24, 2.45) is 5.10 Å². The quantitative estimate of drug-likeness (QED) is 0.390. The second kappa shape index (κ2) is 9.19. The van der Waals surface area contributed by atoms with Crippen molar-refractivity contribution in [1.82, 2.24) is 10.7 Å². The van der Waals surface area contributed by atoms with Gasteiger partial charge < -0.3 is 19.9 Å². The number of benzene rings is 1. The minimum absolute atomic E-state index is 0.216. The smallest absolute Gasteiger partial charge is 0.341 e. The second-order valence-electron chi connectivity index (χ2n) is 5.36. The highest BCUT2D eigenvalue weighted by Crippen LogP contribution is 2.13. The molecule has 1 aliphatic rings. The van der Waals surface area contributed by atoms with Crippen LogP contribution in [0.5, 0.6) is 5.75 Å². The van der Waals surface area contributed by atoms with Gasteiger partial charge in [-0.2, -0.15) is 5.10 Å². The number of hydrogen-bond donors (Lipinski definition) is 3. The van der Waals surface area contributed by atoms with Crippen LogP contribution in [-0.4, -0.2) is 47.8 Å². The minimum Gasteiger partial charge on any atom is -0.482 e. The van der Waals surface area contributed by atoms with Crippen LogP contribution < -0.4 is 15.5 Å². The zero-order valence-electron chi connectivity index (χ0n) is 13.4.